The fourth-order valence-electron chi connectivity index (χ4n) is 4.21. The van der Waals surface area contributed by atoms with Crippen molar-refractivity contribution in [3.05, 3.63) is 34.4 Å². The van der Waals surface area contributed by atoms with Crippen LogP contribution in [-0.2, 0) is 11.2 Å². The van der Waals surface area contributed by atoms with Crippen LogP contribution in [0.4, 0.5) is 0 Å². The lowest BCUT2D eigenvalue weighted by molar-refractivity contribution is -0.122. The maximum atomic E-state index is 12.8. The highest BCUT2D eigenvalue weighted by molar-refractivity contribution is 6.13. The quantitative estimate of drug-likeness (QED) is 0.885. The van der Waals surface area contributed by atoms with Crippen molar-refractivity contribution in [2.24, 2.45) is 10.9 Å². The van der Waals surface area contributed by atoms with Crippen LogP contribution in [0.3, 0.4) is 0 Å². The molecule has 0 bridgehead atoms. The molecule has 0 atom stereocenters. The normalized spacial score (nSPS) is 19.9. The van der Waals surface area contributed by atoms with Gasteiger partial charge in [-0.25, -0.2) is 4.79 Å². The summed E-state index contributed by atoms with van der Waals surface area (Å²) >= 11 is 0. The van der Waals surface area contributed by atoms with E-state index in [0.29, 0.717) is 12.0 Å². The van der Waals surface area contributed by atoms with Crippen molar-refractivity contribution in [1.82, 2.24) is 0 Å². The average molecular weight is 341 g/mol. The van der Waals surface area contributed by atoms with Gasteiger partial charge in [-0.3, -0.25) is 9.79 Å². The van der Waals surface area contributed by atoms with Gasteiger partial charge in [-0.1, -0.05) is 25.3 Å². The third-order valence-electron chi connectivity index (χ3n) is 5.45. The average Bonchev–Trinajstić information content (AvgIpc) is 2.53. The number of benzene rings is 1. The predicted molar refractivity (Wildman–Crippen MR) is 98.7 cm³/mol. The second-order valence-electron chi connectivity index (χ2n) is 8.16. The number of aliphatic imine (C=N–C) groups is 1. The van der Waals surface area contributed by atoms with Crippen LogP contribution in [0.5, 0.6) is 0 Å². The van der Waals surface area contributed by atoms with Crippen molar-refractivity contribution < 1.29 is 14.7 Å². The number of Topliss-reactive ketones (excluding diaryl/α,β-unsaturated/α-hetero) is 1. The number of carboxylic acids is 1. The molecule has 2 aliphatic rings. The lowest BCUT2D eigenvalue weighted by Gasteiger charge is -2.30. The van der Waals surface area contributed by atoms with E-state index in [0.717, 1.165) is 54.5 Å². The van der Waals surface area contributed by atoms with Crippen LogP contribution in [0.1, 0.15) is 79.4 Å². The second-order valence-corrected chi connectivity index (χ2v) is 8.16. The molecule has 0 aromatic heterocycles. The highest BCUT2D eigenvalue weighted by atomic mass is 16.4. The van der Waals surface area contributed by atoms with E-state index in [-0.39, 0.29) is 17.2 Å². The summed E-state index contributed by atoms with van der Waals surface area (Å²) in [5.41, 5.74) is 3.54. The Hall–Kier alpha value is -1.97. The molecule has 1 aliphatic carbocycles. The zero-order chi connectivity index (χ0) is 18.2. The summed E-state index contributed by atoms with van der Waals surface area (Å²) < 4.78 is 0. The number of hydrogen-bond acceptors (Lipinski definition) is 3. The summed E-state index contributed by atoms with van der Waals surface area (Å²) in [6.45, 7) is 5.97. The Labute approximate surface area is 149 Å². The summed E-state index contributed by atoms with van der Waals surface area (Å²) in [5, 5.41) is 9.44. The molecular formula is C21H27NO3. The fourth-order valence-corrected chi connectivity index (χ4v) is 4.21. The standard InChI is InChI=1S/C21H27NO3/c1-13-9-15-12-21(2,3)22-18(17(15)10-16(13)20(24)25)11-19(23)14-7-5-4-6-8-14/h9-10,14H,4-8,11-12H2,1-3H3,(H,24,25). The molecule has 1 aromatic rings. The first-order chi connectivity index (χ1) is 11.8. The Kier molecular flexibility index (Phi) is 4.81. The number of carbonyl (C=O) groups excluding carboxylic acids is 1. The number of carboxylic acid groups (broad SMARTS) is 1. The molecule has 0 spiro atoms. The van der Waals surface area contributed by atoms with Crippen LogP contribution in [0.25, 0.3) is 0 Å². The summed E-state index contributed by atoms with van der Waals surface area (Å²) in [6, 6.07) is 3.68. The number of nitrogens with zero attached hydrogens (tertiary/aromatic N) is 1. The van der Waals surface area contributed by atoms with E-state index in [9.17, 15) is 14.7 Å². The SMILES string of the molecule is Cc1cc2c(cc1C(=O)O)C(CC(=O)C1CCCCC1)=NC(C)(C)C2. The molecule has 25 heavy (non-hydrogen) atoms. The van der Waals surface area contributed by atoms with Crippen molar-refractivity contribution >= 4 is 17.5 Å². The predicted octanol–water partition coefficient (Wildman–Crippen LogP) is 4.36. The lowest BCUT2D eigenvalue weighted by Crippen LogP contribution is -2.31. The van der Waals surface area contributed by atoms with Crippen LogP contribution < -0.4 is 0 Å². The van der Waals surface area contributed by atoms with E-state index in [1.54, 1.807) is 6.07 Å². The maximum absolute atomic E-state index is 12.8. The van der Waals surface area contributed by atoms with Gasteiger partial charge < -0.3 is 5.11 Å². The van der Waals surface area contributed by atoms with Gasteiger partial charge in [0, 0.05) is 17.9 Å². The van der Waals surface area contributed by atoms with Crippen LogP contribution in [0.15, 0.2) is 17.1 Å². The smallest absolute Gasteiger partial charge is 0.335 e. The van der Waals surface area contributed by atoms with Gasteiger partial charge in [-0.15, -0.1) is 0 Å². The number of ketones is 1. The van der Waals surface area contributed by atoms with Gasteiger partial charge in [0.1, 0.15) is 5.78 Å². The number of aryl methyl sites for hydroxylation is 1. The summed E-state index contributed by atoms with van der Waals surface area (Å²) in [6.07, 6.45) is 6.54. The summed E-state index contributed by atoms with van der Waals surface area (Å²) in [5.74, 6) is -0.517. The summed E-state index contributed by atoms with van der Waals surface area (Å²) in [4.78, 5) is 29.1. The van der Waals surface area contributed by atoms with Gasteiger partial charge >= 0.3 is 5.97 Å². The molecule has 1 aromatic carbocycles. The molecule has 0 radical (unpaired) electrons. The number of hydrogen-bond donors (Lipinski definition) is 1. The number of rotatable bonds is 4. The summed E-state index contributed by atoms with van der Waals surface area (Å²) in [7, 11) is 0. The Morgan fingerprint density at radius 1 is 1.20 bits per heavy atom. The fraction of sp³-hybridized carbons (Fsp3) is 0.571. The molecule has 4 heteroatoms. The monoisotopic (exact) mass is 341 g/mol. The van der Waals surface area contributed by atoms with E-state index >= 15 is 0 Å². The third-order valence-corrected chi connectivity index (χ3v) is 5.45. The number of aromatic carboxylic acids is 1. The molecule has 4 nitrogen and oxygen atoms in total. The molecule has 0 unspecified atom stereocenters. The molecule has 1 heterocycles. The Morgan fingerprint density at radius 2 is 1.88 bits per heavy atom. The second kappa shape index (κ2) is 6.74. The largest absolute Gasteiger partial charge is 0.478 e. The minimum Gasteiger partial charge on any atom is -0.478 e. The molecule has 1 N–H and O–H groups in total. The van der Waals surface area contributed by atoms with Crippen LogP contribution in [0, 0.1) is 12.8 Å². The van der Waals surface area contributed by atoms with E-state index in [1.165, 1.54) is 6.42 Å². The van der Waals surface area contributed by atoms with Crippen molar-refractivity contribution in [1.29, 1.82) is 0 Å². The van der Waals surface area contributed by atoms with E-state index in [2.05, 4.69) is 13.8 Å². The zero-order valence-corrected chi connectivity index (χ0v) is 15.4. The molecule has 1 fully saturated rings. The van der Waals surface area contributed by atoms with Crippen molar-refractivity contribution in [3.63, 3.8) is 0 Å². The van der Waals surface area contributed by atoms with Crippen molar-refractivity contribution in [2.75, 3.05) is 0 Å². The van der Waals surface area contributed by atoms with Gasteiger partial charge in [0.15, 0.2) is 0 Å². The van der Waals surface area contributed by atoms with Gasteiger partial charge in [0.05, 0.1) is 16.8 Å². The Balaban J connectivity index is 1.95. The molecule has 0 saturated heterocycles. The van der Waals surface area contributed by atoms with Crippen LogP contribution >= 0.6 is 0 Å². The Bertz CT molecular complexity index is 740. The van der Waals surface area contributed by atoms with Gasteiger partial charge in [0.25, 0.3) is 0 Å². The van der Waals surface area contributed by atoms with E-state index < -0.39 is 5.97 Å². The number of carbonyl (C=O) groups is 2. The zero-order valence-electron chi connectivity index (χ0n) is 15.4. The molecule has 0 amide bonds. The minimum atomic E-state index is -0.928. The van der Waals surface area contributed by atoms with Crippen LogP contribution in [0.2, 0.25) is 0 Å². The topological polar surface area (TPSA) is 66.7 Å². The Morgan fingerprint density at radius 3 is 2.52 bits per heavy atom. The molecule has 1 saturated carbocycles. The molecule has 1 aliphatic heterocycles. The lowest BCUT2D eigenvalue weighted by atomic mass is 9.80. The minimum absolute atomic E-state index is 0.148. The molecule has 134 valence electrons. The van der Waals surface area contributed by atoms with Gasteiger partial charge in [-0.2, -0.15) is 0 Å². The molecular weight excluding hydrogens is 314 g/mol. The third kappa shape index (κ3) is 3.83. The first-order valence-corrected chi connectivity index (χ1v) is 9.25. The highest BCUT2D eigenvalue weighted by Crippen LogP contribution is 2.32. The molecule has 3 rings (SSSR count). The van der Waals surface area contributed by atoms with Gasteiger partial charge in [-0.05, 0) is 57.2 Å². The number of fused-ring (bicyclic) bond motifs is 1. The van der Waals surface area contributed by atoms with Gasteiger partial charge in [0.2, 0.25) is 0 Å². The van der Waals surface area contributed by atoms with E-state index in [4.69, 9.17) is 4.99 Å². The van der Waals surface area contributed by atoms with Crippen LogP contribution in [-0.4, -0.2) is 28.1 Å². The first kappa shape index (κ1) is 17.8. The highest BCUT2D eigenvalue weighted by Gasteiger charge is 2.31. The van der Waals surface area contributed by atoms with E-state index in [1.807, 2.05) is 13.0 Å². The van der Waals surface area contributed by atoms with Crippen molar-refractivity contribution in [3.8, 4) is 0 Å². The maximum Gasteiger partial charge on any atom is 0.335 e. The van der Waals surface area contributed by atoms with Crippen molar-refractivity contribution in [2.45, 2.75) is 71.3 Å². The first-order valence-electron chi connectivity index (χ1n) is 9.25.